The second kappa shape index (κ2) is 4.79. The van der Waals surface area contributed by atoms with Crippen LogP contribution < -0.4 is 5.73 Å². The zero-order valence-electron chi connectivity index (χ0n) is 11.2. The van der Waals surface area contributed by atoms with Gasteiger partial charge in [0.05, 0.1) is 0 Å². The second-order valence-corrected chi connectivity index (χ2v) is 5.72. The summed E-state index contributed by atoms with van der Waals surface area (Å²) in [5.41, 5.74) is 9.06. The van der Waals surface area contributed by atoms with Crippen LogP contribution in [0.4, 0.5) is 0 Å². The summed E-state index contributed by atoms with van der Waals surface area (Å²) in [6, 6.07) is 8.99. The van der Waals surface area contributed by atoms with E-state index in [-0.39, 0.29) is 5.54 Å². The van der Waals surface area contributed by atoms with Crippen molar-refractivity contribution in [2.75, 3.05) is 13.1 Å². The third kappa shape index (κ3) is 2.38. The van der Waals surface area contributed by atoms with E-state index in [0.29, 0.717) is 12.6 Å². The van der Waals surface area contributed by atoms with Crippen LogP contribution >= 0.6 is 0 Å². The molecular formula is C15H24N2. The Balaban J connectivity index is 2.31. The lowest BCUT2D eigenvalue weighted by molar-refractivity contribution is 0.119. The molecule has 0 bridgehead atoms. The predicted molar refractivity (Wildman–Crippen MR) is 73.0 cm³/mol. The van der Waals surface area contributed by atoms with Crippen LogP contribution in [0, 0.1) is 6.92 Å². The van der Waals surface area contributed by atoms with E-state index in [2.05, 4.69) is 49.9 Å². The second-order valence-electron chi connectivity index (χ2n) is 5.72. The summed E-state index contributed by atoms with van der Waals surface area (Å²) in [6.07, 6.45) is 2.56. The summed E-state index contributed by atoms with van der Waals surface area (Å²) in [5.74, 6) is 0. The minimum Gasteiger partial charge on any atom is -0.329 e. The molecule has 1 fully saturated rings. The number of hydrogen-bond acceptors (Lipinski definition) is 2. The first-order chi connectivity index (χ1) is 8.06. The molecule has 1 aliphatic rings. The number of aryl methyl sites for hydroxylation is 1. The molecule has 94 valence electrons. The van der Waals surface area contributed by atoms with Crippen LogP contribution in [-0.4, -0.2) is 23.5 Å². The molecule has 1 heterocycles. The molecule has 2 rings (SSSR count). The van der Waals surface area contributed by atoms with Gasteiger partial charge in [0.1, 0.15) is 0 Å². The Morgan fingerprint density at radius 3 is 2.59 bits per heavy atom. The minimum absolute atomic E-state index is 0.284. The normalized spacial score (nSPS) is 21.6. The molecule has 2 nitrogen and oxygen atoms in total. The molecular weight excluding hydrogens is 208 g/mol. The van der Waals surface area contributed by atoms with Crippen molar-refractivity contribution in [2.45, 2.75) is 45.2 Å². The van der Waals surface area contributed by atoms with Crippen LogP contribution in [0.5, 0.6) is 0 Å². The van der Waals surface area contributed by atoms with E-state index in [4.69, 9.17) is 5.73 Å². The van der Waals surface area contributed by atoms with E-state index < -0.39 is 0 Å². The first-order valence-corrected chi connectivity index (χ1v) is 6.58. The zero-order valence-corrected chi connectivity index (χ0v) is 11.2. The maximum Gasteiger partial charge on any atom is 0.0478 e. The highest BCUT2D eigenvalue weighted by Crippen LogP contribution is 2.36. The van der Waals surface area contributed by atoms with Crippen molar-refractivity contribution in [3.8, 4) is 0 Å². The Bertz CT molecular complexity index is 384. The van der Waals surface area contributed by atoms with Crippen molar-refractivity contribution in [3.63, 3.8) is 0 Å². The fourth-order valence-corrected chi connectivity index (χ4v) is 3.09. The van der Waals surface area contributed by atoms with Gasteiger partial charge in [-0.15, -0.1) is 0 Å². The van der Waals surface area contributed by atoms with Crippen molar-refractivity contribution in [1.82, 2.24) is 4.90 Å². The number of benzene rings is 1. The van der Waals surface area contributed by atoms with Crippen LogP contribution in [0.2, 0.25) is 0 Å². The Morgan fingerprint density at radius 2 is 2.06 bits per heavy atom. The van der Waals surface area contributed by atoms with E-state index >= 15 is 0 Å². The first-order valence-electron chi connectivity index (χ1n) is 6.58. The molecule has 1 aliphatic heterocycles. The lowest BCUT2D eigenvalue weighted by atomic mass is 9.95. The lowest BCUT2D eigenvalue weighted by Gasteiger charge is -2.38. The zero-order chi connectivity index (χ0) is 12.5. The summed E-state index contributed by atoms with van der Waals surface area (Å²) in [5, 5.41) is 0. The largest absolute Gasteiger partial charge is 0.329 e. The number of nitrogens with zero attached hydrogens (tertiary/aromatic N) is 1. The molecule has 0 spiro atoms. The highest BCUT2D eigenvalue weighted by atomic mass is 15.2. The predicted octanol–water partition coefficient (Wildman–Crippen LogP) is 2.87. The van der Waals surface area contributed by atoms with Gasteiger partial charge >= 0.3 is 0 Å². The van der Waals surface area contributed by atoms with Gasteiger partial charge in [-0.25, -0.2) is 0 Å². The van der Waals surface area contributed by atoms with Gasteiger partial charge in [-0.1, -0.05) is 24.3 Å². The fraction of sp³-hybridized carbons (Fsp3) is 0.600. The molecule has 0 radical (unpaired) electrons. The molecule has 0 aromatic heterocycles. The van der Waals surface area contributed by atoms with Gasteiger partial charge in [0.25, 0.3) is 0 Å². The molecule has 1 aromatic carbocycles. The molecule has 2 N–H and O–H groups in total. The van der Waals surface area contributed by atoms with Gasteiger partial charge in [0, 0.05) is 18.1 Å². The van der Waals surface area contributed by atoms with Crippen molar-refractivity contribution in [1.29, 1.82) is 0 Å². The van der Waals surface area contributed by atoms with E-state index in [9.17, 15) is 0 Å². The molecule has 17 heavy (non-hydrogen) atoms. The van der Waals surface area contributed by atoms with Crippen LogP contribution in [0.25, 0.3) is 0 Å². The highest BCUT2D eigenvalue weighted by Gasteiger charge is 2.36. The standard InChI is InChI=1S/C15H24N2/c1-12-7-4-5-8-13(12)14(11-16)17-10-6-9-15(17,2)3/h4-5,7-8,14H,6,9-11,16H2,1-3H3. The molecule has 1 unspecified atom stereocenters. The molecule has 1 atom stereocenters. The Labute approximate surface area is 105 Å². The molecule has 2 heteroatoms. The molecule has 1 aromatic rings. The Kier molecular flexibility index (Phi) is 3.55. The number of nitrogens with two attached hydrogens (primary N) is 1. The van der Waals surface area contributed by atoms with Gasteiger partial charge in [-0.3, -0.25) is 4.90 Å². The number of rotatable bonds is 3. The van der Waals surface area contributed by atoms with Crippen molar-refractivity contribution >= 4 is 0 Å². The van der Waals surface area contributed by atoms with Gasteiger partial charge in [0.15, 0.2) is 0 Å². The molecule has 0 saturated carbocycles. The summed E-state index contributed by atoms with van der Waals surface area (Å²) in [7, 11) is 0. The Morgan fingerprint density at radius 1 is 1.35 bits per heavy atom. The van der Waals surface area contributed by atoms with E-state index in [1.54, 1.807) is 0 Å². The molecule has 1 saturated heterocycles. The molecule has 0 amide bonds. The summed E-state index contributed by atoms with van der Waals surface area (Å²) >= 11 is 0. The van der Waals surface area contributed by atoms with Gasteiger partial charge in [-0.2, -0.15) is 0 Å². The average molecular weight is 232 g/mol. The quantitative estimate of drug-likeness (QED) is 0.868. The molecule has 0 aliphatic carbocycles. The highest BCUT2D eigenvalue weighted by molar-refractivity contribution is 5.29. The topological polar surface area (TPSA) is 29.3 Å². The fourth-order valence-electron chi connectivity index (χ4n) is 3.09. The monoisotopic (exact) mass is 232 g/mol. The van der Waals surface area contributed by atoms with Crippen LogP contribution in [0.1, 0.15) is 43.9 Å². The third-order valence-electron chi connectivity index (χ3n) is 4.11. The van der Waals surface area contributed by atoms with Crippen LogP contribution in [-0.2, 0) is 0 Å². The SMILES string of the molecule is Cc1ccccc1C(CN)N1CCCC1(C)C. The summed E-state index contributed by atoms with van der Waals surface area (Å²) in [4.78, 5) is 2.58. The maximum absolute atomic E-state index is 6.03. The lowest BCUT2D eigenvalue weighted by Crippen LogP contribution is -2.43. The summed E-state index contributed by atoms with van der Waals surface area (Å²) in [6.45, 7) is 8.72. The Hall–Kier alpha value is -0.860. The minimum atomic E-state index is 0.284. The van der Waals surface area contributed by atoms with Crippen molar-refractivity contribution in [3.05, 3.63) is 35.4 Å². The summed E-state index contributed by atoms with van der Waals surface area (Å²) < 4.78 is 0. The van der Waals surface area contributed by atoms with Gasteiger partial charge < -0.3 is 5.73 Å². The maximum atomic E-state index is 6.03. The third-order valence-corrected chi connectivity index (χ3v) is 4.11. The van der Waals surface area contributed by atoms with E-state index in [1.165, 1.54) is 30.5 Å². The number of hydrogen-bond donors (Lipinski definition) is 1. The van der Waals surface area contributed by atoms with Gasteiger partial charge in [0.2, 0.25) is 0 Å². The van der Waals surface area contributed by atoms with Gasteiger partial charge in [-0.05, 0) is 51.3 Å². The van der Waals surface area contributed by atoms with Crippen molar-refractivity contribution < 1.29 is 0 Å². The average Bonchev–Trinajstić information content (AvgIpc) is 2.63. The van der Waals surface area contributed by atoms with E-state index in [0.717, 1.165) is 0 Å². The van der Waals surface area contributed by atoms with Crippen LogP contribution in [0.15, 0.2) is 24.3 Å². The van der Waals surface area contributed by atoms with E-state index in [1.807, 2.05) is 0 Å². The number of likely N-dealkylation sites (tertiary alicyclic amines) is 1. The van der Waals surface area contributed by atoms with Crippen LogP contribution in [0.3, 0.4) is 0 Å². The smallest absolute Gasteiger partial charge is 0.0478 e. The first kappa shape index (κ1) is 12.6. The van der Waals surface area contributed by atoms with Crippen molar-refractivity contribution in [2.24, 2.45) is 5.73 Å².